The summed E-state index contributed by atoms with van der Waals surface area (Å²) >= 11 is 0. The van der Waals surface area contributed by atoms with Crippen LogP contribution < -0.4 is 10.1 Å². The maximum absolute atomic E-state index is 5.62. The van der Waals surface area contributed by atoms with Crippen LogP contribution in [0.15, 0.2) is 22.8 Å². The lowest BCUT2D eigenvalue weighted by Gasteiger charge is -2.02. The van der Waals surface area contributed by atoms with Crippen molar-refractivity contribution in [2.75, 3.05) is 7.05 Å². The van der Waals surface area contributed by atoms with Crippen LogP contribution in [0.2, 0.25) is 0 Å². The first-order chi connectivity index (χ1) is 8.19. The van der Waals surface area contributed by atoms with Crippen molar-refractivity contribution >= 4 is 0 Å². The fraction of sp³-hybridized carbons (Fsp3) is 0.417. The van der Waals surface area contributed by atoms with Gasteiger partial charge in [0.15, 0.2) is 0 Å². The molecule has 5 nitrogen and oxygen atoms in total. The zero-order valence-corrected chi connectivity index (χ0v) is 10.4. The minimum absolute atomic E-state index is 0.419. The second-order valence-corrected chi connectivity index (χ2v) is 3.99. The van der Waals surface area contributed by atoms with Crippen LogP contribution in [-0.4, -0.2) is 16.8 Å². The van der Waals surface area contributed by atoms with Crippen molar-refractivity contribution in [2.45, 2.75) is 20.1 Å². The smallest absolute Gasteiger partial charge is 0.212 e. The average Bonchev–Trinajstić information content (AvgIpc) is 2.83. The molecule has 2 rings (SSSR count). The van der Waals surface area contributed by atoms with Gasteiger partial charge < -0.3 is 14.5 Å². The summed E-state index contributed by atoms with van der Waals surface area (Å²) in [5.41, 5.74) is 2.06. The Bertz CT molecular complexity index is 488. The minimum atomic E-state index is 0.419. The molecule has 0 amide bonds. The Morgan fingerprint density at radius 2 is 2.29 bits per heavy atom. The molecule has 0 bridgehead atoms. The van der Waals surface area contributed by atoms with Gasteiger partial charge in [0.2, 0.25) is 5.88 Å². The van der Waals surface area contributed by atoms with Crippen LogP contribution in [0.1, 0.15) is 17.0 Å². The molecule has 2 heterocycles. The molecule has 0 aliphatic carbocycles. The van der Waals surface area contributed by atoms with Crippen LogP contribution in [-0.2, 0) is 20.2 Å². The lowest BCUT2D eigenvalue weighted by atomic mass is 10.3. The summed E-state index contributed by atoms with van der Waals surface area (Å²) in [4.78, 5) is 0. The van der Waals surface area contributed by atoms with Crippen molar-refractivity contribution in [1.82, 2.24) is 15.1 Å². The molecule has 0 radical (unpaired) electrons. The van der Waals surface area contributed by atoms with Crippen molar-refractivity contribution in [3.8, 4) is 5.88 Å². The van der Waals surface area contributed by atoms with Gasteiger partial charge in [-0.1, -0.05) is 0 Å². The summed E-state index contributed by atoms with van der Waals surface area (Å²) < 4.78 is 12.7. The van der Waals surface area contributed by atoms with E-state index >= 15 is 0 Å². The van der Waals surface area contributed by atoms with E-state index in [2.05, 4.69) is 10.4 Å². The minimum Gasteiger partial charge on any atom is -0.470 e. The molecule has 0 spiro atoms. The van der Waals surface area contributed by atoms with E-state index in [1.807, 2.05) is 33.2 Å². The number of nitrogens with zero attached hydrogens (tertiary/aromatic N) is 2. The first-order valence-electron chi connectivity index (χ1n) is 5.53. The van der Waals surface area contributed by atoms with E-state index in [0.717, 1.165) is 29.4 Å². The summed E-state index contributed by atoms with van der Waals surface area (Å²) in [7, 11) is 3.76. The van der Waals surface area contributed by atoms with Crippen molar-refractivity contribution in [1.29, 1.82) is 0 Å². The molecule has 1 N–H and O–H groups in total. The lowest BCUT2D eigenvalue weighted by Crippen LogP contribution is -2.03. The summed E-state index contributed by atoms with van der Waals surface area (Å²) in [6.45, 7) is 3.15. The largest absolute Gasteiger partial charge is 0.470 e. The predicted molar refractivity (Wildman–Crippen MR) is 63.7 cm³/mol. The van der Waals surface area contributed by atoms with E-state index in [0.29, 0.717) is 6.61 Å². The van der Waals surface area contributed by atoms with E-state index in [-0.39, 0.29) is 0 Å². The summed E-state index contributed by atoms with van der Waals surface area (Å²) in [5, 5.41) is 7.28. The molecule has 0 atom stereocenters. The average molecular weight is 235 g/mol. The highest BCUT2D eigenvalue weighted by molar-refractivity contribution is 5.16. The highest BCUT2D eigenvalue weighted by Crippen LogP contribution is 2.14. The summed E-state index contributed by atoms with van der Waals surface area (Å²) in [6.07, 6.45) is 1.74. The molecular weight excluding hydrogens is 218 g/mol. The van der Waals surface area contributed by atoms with Gasteiger partial charge in [-0.15, -0.1) is 0 Å². The Hall–Kier alpha value is -1.75. The summed E-state index contributed by atoms with van der Waals surface area (Å²) in [6, 6.07) is 3.89. The molecule has 0 unspecified atom stereocenters. The van der Waals surface area contributed by atoms with E-state index in [1.165, 1.54) is 0 Å². The molecule has 17 heavy (non-hydrogen) atoms. The molecule has 2 aromatic heterocycles. The number of hydrogen-bond acceptors (Lipinski definition) is 4. The van der Waals surface area contributed by atoms with E-state index in [9.17, 15) is 0 Å². The van der Waals surface area contributed by atoms with E-state index in [4.69, 9.17) is 9.15 Å². The van der Waals surface area contributed by atoms with Crippen LogP contribution in [0, 0.1) is 6.92 Å². The topological polar surface area (TPSA) is 52.2 Å². The zero-order chi connectivity index (χ0) is 12.3. The number of aromatic nitrogens is 2. The van der Waals surface area contributed by atoms with Gasteiger partial charge in [0.05, 0.1) is 12.0 Å². The van der Waals surface area contributed by atoms with Crippen molar-refractivity contribution < 1.29 is 9.15 Å². The van der Waals surface area contributed by atoms with E-state index in [1.54, 1.807) is 10.9 Å². The highest BCUT2D eigenvalue weighted by atomic mass is 16.5. The molecule has 92 valence electrons. The van der Waals surface area contributed by atoms with E-state index < -0.39 is 0 Å². The predicted octanol–water partition coefficient (Wildman–Crippen LogP) is 1.62. The Labute approximate surface area is 100 Å². The van der Waals surface area contributed by atoms with Gasteiger partial charge in [0.25, 0.3) is 0 Å². The SMILES string of the molecule is CNCc1coc(COc2cc(C)nn2C)c1. The molecular formula is C12H17N3O2. The molecule has 0 aliphatic rings. The molecule has 0 saturated carbocycles. The second-order valence-electron chi connectivity index (χ2n) is 3.99. The molecule has 0 aliphatic heterocycles. The third-order valence-corrected chi connectivity index (χ3v) is 2.41. The van der Waals surface area contributed by atoms with Crippen LogP contribution in [0.3, 0.4) is 0 Å². The third kappa shape index (κ3) is 2.88. The maximum Gasteiger partial charge on any atom is 0.212 e. The van der Waals surface area contributed by atoms with Gasteiger partial charge in [0.1, 0.15) is 12.4 Å². The quantitative estimate of drug-likeness (QED) is 0.855. The Morgan fingerprint density at radius 1 is 1.47 bits per heavy atom. The first-order valence-corrected chi connectivity index (χ1v) is 5.53. The molecule has 0 saturated heterocycles. The van der Waals surface area contributed by atoms with Crippen LogP contribution in [0.25, 0.3) is 0 Å². The fourth-order valence-electron chi connectivity index (χ4n) is 1.67. The zero-order valence-electron chi connectivity index (χ0n) is 10.4. The number of nitrogens with one attached hydrogen (secondary N) is 1. The van der Waals surface area contributed by atoms with Crippen molar-refractivity contribution in [2.24, 2.45) is 7.05 Å². The van der Waals surface area contributed by atoms with Gasteiger partial charge in [-0.2, -0.15) is 5.10 Å². The number of rotatable bonds is 5. The Balaban J connectivity index is 1.95. The number of furan rings is 1. The number of aryl methyl sites for hydroxylation is 2. The van der Waals surface area contributed by atoms with Gasteiger partial charge in [-0.05, 0) is 20.0 Å². The van der Waals surface area contributed by atoms with Crippen LogP contribution in [0.4, 0.5) is 0 Å². The molecule has 0 aromatic carbocycles. The lowest BCUT2D eigenvalue weighted by molar-refractivity contribution is 0.249. The third-order valence-electron chi connectivity index (χ3n) is 2.41. The maximum atomic E-state index is 5.62. The van der Waals surface area contributed by atoms with Gasteiger partial charge >= 0.3 is 0 Å². The highest BCUT2D eigenvalue weighted by Gasteiger charge is 2.06. The number of ether oxygens (including phenoxy) is 1. The normalized spacial score (nSPS) is 10.8. The Morgan fingerprint density at radius 3 is 2.94 bits per heavy atom. The fourth-order valence-corrected chi connectivity index (χ4v) is 1.67. The van der Waals surface area contributed by atoms with Crippen molar-refractivity contribution in [3.05, 3.63) is 35.4 Å². The Kier molecular flexibility index (Phi) is 3.49. The standard InChI is InChI=1S/C12H17N3O2/c1-9-4-12(15(3)14-9)17-8-11-5-10(6-13-2)7-16-11/h4-5,7,13H,6,8H2,1-3H3. The second kappa shape index (κ2) is 5.05. The molecule has 2 aromatic rings. The van der Waals surface area contributed by atoms with Gasteiger partial charge in [0, 0.05) is 25.2 Å². The summed E-state index contributed by atoms with van der Waals surface area (Å²) in [5.74, 6) is 1.56. The van der Waals surface area contributed by atoms with Crippen molar-refractivity contribution in [3.63, 3.8) is 0 Å². The number of hydrogen-bond donors (Lipinski definition) is 1. The first kappa shape index (κ1) is 11.7. The van der Waals surface area contributed by atoms with Gasteiger partial charge in [-0.25, -0.2) is 4.68 Å². The molecule has 5 heteroatoms. The molecule has 0 fully saturated rings. The van der Waals surface area contributed by atoms with Crippen LogP contribution in [0.5, 0.6) is 5.88 Å². The van der Waals surface area contributed by atoms with Gasteiger partial charge in [-0.3, -0.25) is 0 Å². The monoisotopic (exact) mass is 235 g/mol. The van der Waals surface area contributed by atoms with Crippen LogP contribution >= 0.6 is 0 Å².